The van der Waals surface area contributed by atoms with Gasteiger partial charge in [0.25, 0.3) is 0 Å². The molecule has 1 unspecified atom stereocenters. The predicted octanol–water partition coefficient (Wildman–Crippen LogP) is 2.98. The fourth-order valence-corrected chi connectivity index (χ4v) is 1.91. The van der Waals surface area contributed by atoms with Crippen LogP contribution in [-0.2, 0) is 28.4 Å². The first-order valence-electron chi connectivity index (χ1n) is 10.6. The zero-order chi connectivity index (χ0) is 22.0. The summed E-state index contributed by atoms with van der Waals surface area (Å²) in [5.41, 5.74) is -0.490. The van der Waals surface area contributed by atoms with Gasteiger partial charge in [-0.1, -0.05) is 20.3 Å². The van der Waals surface area contributed by atoms with E-state index in [9.17, 15) is 4.79 Å². The van der Waals surface area contributed by atoms with E-state index in [0.29, 0.717) is 71.9 Å². The van der Waals surface area contributed by atoms with Crippen molar-refractivity contribution in [2.75, 3.05) is 79.7 Å². The van der Waals surface area contributed by atoms with Crippen LogP contribution >= 0.6 is 0 Å². The van der Waals surface area contributed by atoms with Gasteiger partial charge in [0.2, 0.25) is 0 Å². The van der Waals surface area contributed by atoms with Gasteiger partial charge in [0.15, 0.2) is 0 Å². The van der Waals surface area contributed by atoms with Crippen molar-refractivity contribution in [3.05, 3.63) is 0 Å². The molecule has 0 aliphatic rings. The molecule has 0 bridgehead atoms. The average molecular weight is 422 g/mol. The van der Waals surface area contributed by atoms with Gasteiger partial charge >= 0.3 is 6.09 Å². The molecule has 0 saturated heterocycles. The first-order chi connectivity index (χ1) is 13.8. The number of carbonyl (C=O) groups excluding carboxylic acids is 1. The van der Waals surface area contributed by atoms with Gasteiger partial charge in [0.05, 0.1) is 59.5 Å². The lowest BCUT2D eigenvalue weighted by Gasteiger charge is -2.24. The predicted molar refractivity (Wildman–Crippen MR) is 112 cm³/mol. The number of hydrogen-bond acceptors (Lipinski definition) is 7. The fourth-order valence-electron chi connectivity index (χ4n) is 1.91. The lowest BCUT2D eigenvalue weighted by molar-refractivity contribution is -0.0148. The smallest absolute Gasteiger partial charge is 0.410 e. The summed E-state index contributed by atoms with van der Waals surface area (Å²) in [5.74, 6) is 0.599. The molecule has 0 spiro atoms. The Hall–Kier alpha value is -0.930. The molecular formula is C21H43NO7. The summed E-state index contributed by atoms with van der Waals surface area (Å²) in [7, 11) is 1.69. The molecule has 0 rings (SSSR count). The van der Waals surface area contributed by atoms with E-state index in [-0.39, 0.29) is 6.09 Å². The highest BCUT2D eigenvalue weighted by Crippen LogP contribution is 2.08. The Morgan fingerprint density at radius 1 is 0.793 bits per heavy atom. The largest absolute Gasteiger partial charge is 0.444 e. The lowest BCUT2D eigenvalue weighted by Crippen LogP contribution is -2.36. The average Bonchev–Trinajstić information content (AvgIpc) is 2.65. The van der Waals surface area contributed by atoms with E-state index in [1.807, 2.05) is 20.8 Å². The van der Waals surface area contributed by atoms with Gasteiger partial charge in [0, 0.05) is 20.2 Å². The minimum atomic E-state index is -0.490. The van der Waals surface area contributed by atoms with Gasteiger partial charge < -0.3 is 33.3 Å². The molecular weight excluding hydrogens is 378 g/mol. The maximum atomic E-state index is 11.8. The topological polar surface area (TPSA) is 75.7 Å². The molecule has 8 heteroatoms. The van der Waals surface area contributed by atoms with Crippen LogP contribution in [0.4, 0.5) is 4.79 Å². The number of carbonyl (C=O) groups is 1. The summed E-state index contributed by atoms with van der Waals surface area (Å²) in [4.78, 5) is 13.3. The van der Waals surface area contributed by atoms with Crippen LogP contribution in [0.25, 0.3) is 0 Å². The molecule has 1 amide bonds. The minimum absolute atomic E-state index is 0.350. The maximum Gasteiger partial charge on any atom is 0.410 e. The summed E-state index contributed by atoms with van der Waals surface area (Å²) in [6, 6.07) is 0. The lowest BCUT2D eigenvalue weighted by atomic mass is 10.1. The van der Waals surface area contributed by atoms with Crippen LogP contribution in [0.1, 0.15) is 41.0 Å². The molecule has 0 aromatic rings. The van der Waals surface area contributed by atoms with E-state index in [1.54, 1.807) is 7.05 Å². The first kappa shape index (κ1) is 28.1. The number of amides is 1. The van der Waals surface area contributed by atoms with E-state index in [0.717, 1.165) is 13.0 Å². The molecule has 1 atom stereocenters. The van der Waals surface area contributed by atoms with Crippen molar-refractivity contribution in [3.63, 3.8) is 0 Å². The van der Waals surface area contributed by atoms with E-state index in [4.69, 9.17) is 28.4 Å². The number of nitrogens with zero attached hydrogens (tertiary/aromatic N) is 1. The summed E-state index contributed by atoms with van der Waals surface area (Å²) < 4.78 is 32.5. The van der Waals surface area contributed by atoms with Crippen LogP contribution < -0.4 is 0 Å². The molecule has 174 valence electrons. The molecule has 0 radical (unpaired) electrons. The van der Waals surface area contributed by atoms with Gasteiger partial charge in [-0.25, -0.2) is 4.79 Å². The van der Waals surface area contributed by atoms with Gasteiger partial charge in [-0.3, -0.25) is 0 Å². The molecule has 0 aliphatic carbocycles. The van der Waals surface area contributed by atoms with E-state index >= 15 is 0 Å². The van der Waals surface area contributed by atoms with E-state index in [1.165, 1.54) is 4.90 Å². The number of rotatable bonds is 18. The third-order valence-corrected chi connectivity index (χ3v) is 3.86. The third-order valence-electron chi connectivity index (χ3n) is 3.86. The highest BCUT2D eigenvalue weighted by molar-refractivity contribution is 5.67. The Bertz CT molecular complexity index is 388. The van der Waals surface area contributed by atoms with Crippen LogP contribution in [0.5, 0.6) is 0 Å². The quantitative estimate of drug-likeness (QED) is 0.315. The summed E-state index contributed by atoms with van der Waals surface area (Å²) in [6.07, 6.45) is 0.783. The number of hydrogen-bond donors (Lipinski definition) is 0. The SMILES string of the molecule is CCC(C)COCCOCCOCCOCCOCCN(C)C(=O)OC(C)(C)C. The third kappa shape index (κ3) is 20.1. The molecule has 29 heavy (non-hydrogen) atoms. The van der Waals surface area contributed by atoms with E-state index in [2.05, 4.69) is 13.8 Å². The Labute approximate surface area is 177 Å². The van der Waals surface area contributed by atoms with Crippen molar-refractivity contribution in [3.8, 4) is 0 Å². The fraction of sp³-hybridized carbons (Fsp3) is 0.952. The Kier molecular flexibility index (Phi) is 17.3. The zero-order valence-corrected chi connectivity index (χ0v) is 19.4. The molecule has 0 aromatic heterocycles. The maximum absolute atomic E-state index is 11.8. The highest BCUT2D eigenvalue weighted by Gasteiger charge is 2.19. The molecule has 0 N–H and O–H groups in total. The minimum Gasteiger partial charge on any atom is -0.444 e. The molecule has 0 heterocycles. The second kappa shape index (κ2) is 17.9. The molecule has 0 aromatic carbocycles. The van der Waals surface area contributed by atoms with Crippen LogP contribution in [0.15, 0.2) is 0 Å². The van der Waals surface area contributed by atoms with Crippen molar-refractivity contribution in [1.29, 1.82) is 0 Å². The zero-order valence-electron chi connectivity index (χ0n) is 19.4. The van der Waals surface area contributed by atoms with Crippen molar-refractivity contribution >= 4 is 6.09 Å². The van der Waals surface area contributed by atoms with Crippen LogP contribution in [0.3, 0.4) is 0 Å². The van der Waals surface area contributed by atoms with Crippen molar-refractivity contribution in [2.45, 2.75) is 46.6 Å². The second-order valence-electron chi connectivity index (χ2n) is 7.94. The Morgan fingerprint density at radius 3 is 1.62 bits per heavy atom. The molecule has 0 saturated carbocycles. The van der Waals surface area contributed by atoms with Crippen LogP contribution in [0, 0.1) is 5.92 Å². The standard InChI is InChI=1S/C21H43NO7/c1-7-19(2)18-28-17-16-27-15-14-26-13-12-25-11-10-24-9-8-22(6)20(23)29-21(3,4)5/h19H,7-18H2,1-6H3. The molecule has 8 nitrogen and oxygen atoms in total. The molecule has 0 fully saturated rings. The van der Waals surface area contributed by atoms with Crippen molar-refractivity contribution in [1.82, 2.24) is 4.90 Å². The van der Waals surface area contributed by atoms with Gasteiger partial charge in [0.1, 0.15) is 5.60 Å². The number of likely N-dealkylation sites (N-methyl/N-ethyl adjacent to an activating group) is 1. The van der Waals surface area contributed by atoms with Crippen molar-refractivity contribution in [2.24, 2.45) is 5.92 Å². The van der Waals surface area contributed by atoms with Crippen LogP contribution in [0.2, 0.25) is 0 Å². The van der Waals surface area contributed by atoms with Crippen LogP contribution in [-0.4, -0.2) is 96.3 Å². The first-order valence-corrected chi connectivity index (χ1v) is 10.6. The Morgan fingerprint density at radius 2 is 1.21 bits per heavy atom. The monoisotopic (exact) mass is 421 g/mol. The van der Waals surface area contributed by atoms with Gasteiger partial charge in [-0.15, -0.1) is 0 Å². The number of ether oxygens (including phenoxy) is 6. The normalized spacial score (nSPS) is 12.8. The summed E-state index contributed by atoms with van der Waals surface area (Å²) >= 11 is 0. The summed E-state index contributed by atoms with van der Waals surface area (Å²) in [6.45, 7) is 15.9. The second-order valence-corrected chi connectivity index (χ2v) is 7.94. The highest BCUT2D eigenvalue weighted by atomic mass is 16.6. The van der Waals surface area contributed by atoms with Gasteiger partial charge in [-0.05, 0) is 26.7 Å². The summed E-state index contributed by atoms with van der Waals surface area (Å²) in [5, 5.41) is 0. The van der Waals surface area contributed by atoms with Crippen molar-refractivity contribution < 1.29 is 33.2 Å². The van der Waals surface area contributed by atoms with E-state index < -0.39 is 5.60 Å². The molecule has 0 aliphatic heterocycles. The van der Waals surface area contributed by atoms with Gasteiger partial charge in [-0.2, -0.15) is 0 Å². The Balaban J connectivity index is 3.27.